The summed E-state index contributed by atoms with van der Waals surface area (Å²) in [6.45, 7) is 6.52. The number of aryl methyl sites for hydroxylation is 1. The van der Waals surface area contributed by atoms with Crippen LogP contribution in [0.15, 0.2) is 5.38 Å². The fraction of sp³-hybridized carbons (Fsp3) is 0.714. The highest BCUT2D eigenvalue weighted by atomic mass is 32.1. The third kappa shape index (κ3) is 4.11. The van der Waals surface area contributed by atoms with Crippen LogP contribution in [0.3, 0.4) is 0 Å². The Balaban J connectivity index is 1.62. The molecule has 0 radical (unpaired) electrons. The molecule has 1 aliphatic rings. The highest BCUT2D eigenvalue weighted by Gasteiger charge is 2.27. The van der Waals surface area contributed by atoms with Crippen LogP contribution in [0.25, 0.3) is 0 Å². The van der Waals surface area contributed by atoms with Crippen molar-refractivity contribution in [3.63, 3.8) is 0 Å². The van der Waals surface area contributed by atoms with Crippen LogP contribution < -0.4 is 0 Å². The number of hydrogen-bond donors (Lipinski definition) is 0. The van der Waals surface area contributed by atoms with Crippen molar-refractivity contribution in [3.8, 4) is 0 Å². The second kappa shape index (κ2) is 7.91. The lowest BCUT2D eigenvalue weighted by atomic mass is 10.2. The van der Waals surface area contributed by atoms with Gasteiger partial charge in [0.25, 0.3) is 0 Å². The van der Waals surface area contributed by atoms with Gasteiger partial charge in [0.1, 0.15) is 6.10 Å². The second-order valence-electron chi connectivity index (χ2n) is 5.43. The minimum atomic E-state index is -0.111. The molecule has 126 valence electrons. The fourth-order valence-electron chi connectivity index (χ4n) is 2.59. The molecular weight excluding hydrogens is 316 g/mol. The summed E-state index contributed by atoms with van der Waals surface area (Å²) in [5.74, 6) is 0.763. The summed E-state index contributed by atoms with van der Waals surface area (Å²) < 4.78 is 12.7. The van der Waals surface area contributed by atoms with E-state index in [0.29, 0.717) is 19.8 Å². The zero-order chi connectivity index (χ0) is 16.1. The van der Waals surface area contributed by atoms with Crippen molar-refractivity contribution in [1.29, 1.82) is 0 Å². The molecule has 0 bridgehead atoms. The van der Waals surface area contributed by atoms with Crippen molar-refractivity contribution >= 4 is 11.3 Å². The van der Waals surface area contributed by atoms with E-state index in [1.54, 1.807) is 23.1 Å². The molecule has 3 heterocycles. The van der Waals surface area contributed by atoms with Crippen LogP contribution in [-0.4, -0.2) is 63.5 Å². The number of hydrogen-bond acceptors (Lipinski definition) is 8. The van der Waals surface area contributed by atoms with Gasteiger partial charge in [-0.1, -0.05) is 6.92 Å². The van der Waals surface area contributed by atoms with Crippen molar-refractivity contribution in [3.05, 3.63) is 21.9 Å². The number of tetrazole rings is 1. The Hall–Kier alpha value is -1.42. The van der Waals surface area contributed by atoms with Crippen LogP contribution in [0.1, 0.15) is 29.6 Å². The molecule has 1 atom stereocenters. The number of morpholine rings is 1. The first kappa shape index (κ1) is 16.4. The average Bonchev–Trinajstić information content (AvgIpc) is 3.22. The molecule has 0 aliphatic carbocycles. The Kier molecular flexibility index (Phi) is 5.65. The first-order chi connectivity index (χ1) is 11.3. The first-order valence-electron chi connectivity index (χ1n) is 7.82. The fourth-order valence-corrected chi connectivity index (χ4v) is 3.33. The van der Waals surface area contributed by atoms with E-state index in [1.165, 1.54) is 5.01 Å². The molecular formula is C14H22N6O2S. The third-order valence-electron chi connectivity index (χ3n) is 3.79. The number of thiazole rings is 1. The quantitative estimate of drug-likeness (QED) is 0.742. The van der Waals surface area contributed by atoms with Gasteiger partial charge in [-0.3, -0.25) is 4.90 Å². The molecule has 2 aromatic heterocycles. The topological polar surface area (TPSA) is 78.2 Å². The lowest BCUT2D eigenvalue weighted by molar-refractivity contribution is -0.0399. The number of aromatic nitrogens is 5. The van der Waals surface area contributed by atoms with Gasteiger partial charge in [0, 0.05) is 32.1 Å². The summed E-state index contributed by atoms with van der Waals surface area (Å²) in [6, 6.07) is 0. The molecule has 1 aliphatic heterocycles. The van der Waals surface area contributed by atoms with Crippen molar-refractivity contribution in [2.45, 2.75) is 32.5 Å². The molecule has 9 heteroatoms. The minimum absolute atomic E-state index is 0.111. The molecule has 0 amide bonds. The van der Waals surface area contributed by atoms with Crippen LogP contribution in [0.5, 0.6) is 0 Å². The maximum Gasteiger partial charge on any atom is 0.181 e. The van der Waals surface area contributed by atoms with E-state index in [4.69, 9.17) is 9.47 Å². The molecule has 8 nitrogen and oxygen atoms in total. The highest BCUT2D eigenvalue weighted by molar-refractivity contribution is 7.09. The Labute approximate surface area is 139 Å². The molecule has 0 spiro atoms. The van der Waals surface area contributed by atoms with E-state index in [-0.39, 0.29) is 6.10 Å². The van der Waals surface area contributed by atoms with Crippen LogP contribution in [-0.2, 0) is 29.0 Å². The normalized spacial score (nSPS) is 19.3. The van der Waals surface area contributed by atoms with Gasteiger partial charge >= 0.3 is 0 Å². The molecule has 1 unspecified atom stereocenters. The minimum Gasteiger partial charge on any atom is -0.383 e. The zero-order valence-corrected chi connectivity index (χ0v) is 14.3. The Morgan fingerprint density at radius 2 is 2.39 bits per heavy atom. The molecule has 3 rings (SSSR count). The van der Waals surface area contributed by atoms with Gasteiger partial charge in [-0.25, -0.2) is 9.67 Å². The van der Waals surface area contributed by atoms with Crippen LogP contribution >= 0.6 is 11.3 Å². The standard InChI is InChI=1S/C14H22N6O2S/c1-3-13-15-11(10-23-13)8-19-4-7-22-12(9-19)14-16-17-18-20(14)5-6-21-2/h10,12H,3-9H2,1-2H3. The van der Waals surface area contributed by atoms with Gasteiger partial charge in [-0.2, -0.15) is 0 Å². The van der Waals surface area contributed by atoms with Crippen LogP contribution in [0.4, 0.5) is 0 Å². The largest absolute Gasteiger partial charge is 0.383 e. The van der Waals surface area contributed by atoms with Crippen LogP contribution in [0, 0.1) is 0 Å². The third-order valence-corrected chi connectivity index (χ3v) is 4.83. The van der Waals surface area contributed by atoms with E-state index >= 15 is 0 Å². The van der Waals surface area contributed by atoms with E-state index < -0.39 is 0 Å². The van der Waals surface area contributed by atoms with Gasteiger partial charge in [0.15, 0.2) is 5.82 Å². The summed E-state index contributed by atoms with van der Waals surface area (Å²) >= 11 is 1.73. The number of methoxy groups -OCH3 is 1. The number of nitrogens with zero attached hydrogens (tertiary/aromatic N) is 6. The average molecular weight is 338 g/mol. The second-order valence-corrected chi connectivity index (χ2v) is 6.38. The monoisotopic (exact) mass is 338 g/mol. The van der Waals surface area contributed by atoms with Gasteiger partial charge < -0.3 is 9.47 Å². The molecule has 0 aromatic carbocycles. The summed E-state index contributed by atoms with van der Waals surface area (Å²) in [7, 11) is 1.67. The summed E-state index contributed by atoms with van der Waals surface area (Å²) in [5, 5.41) is 15.3. The highest BCUT2D eigenvalue weighted by Crippen LogP contribution is 2.22. The Bertz CT molecular complexity index is 616. The van der Waals surface area contributed by atoms with Gasteiger partial charge in [-0.15, -0.1) is 16.4 Å². The number of rotatable bonds is 7. The molecule has 0 N–H and O–H groups in total. The van der Waals surface area contributed by atoms with Gasteiger partial charge in [0.2, 0.25) is 0 Å². The molecule has 0 saturated carbocycles. The smallest absolute Gasteiger partial charge is 0.181 e. The molecule has 1 fully saturated rings. The van der Waals surface area contributed by atoms with Crippen molar-refractivity contribution in [2.24, 2.45) is 0 Å². The SMILES string of the molecule is CCc1nc(CN2CCOC(c3nnnn3CCOC)C2)cs1. The predicted octanol–water partition coefficient (Wildman–Crippen LogP) is 0.912. The first-order valence-corrected chi connectivity index (χ1v) is 8.70. The van der Waals surface area contributed by atoms with Crippen molar-refractivity contribution in [2.75, 3.05) is 33.4 Å². The maximum absolute atomic E-state index is 5.87. The number of ether oxygens (including phenoxy) is 2. The van der Waals surface area contributed by atoms with Crippen molar-refractivity contribution in [1.82, 2.24) is 30.1 Å². The summed E-state index contributed by atoms with van der Waals surface area (Å²) in [6.07, 6.45) is 0.880. The van der Waals surface area contributed by atoms with E-state index in [0.717, 1.165) is 37.6 Å². The van der Waals surface area contributed by atoms with Crippen LogP contribution in [0.2, 0.25) is 0 Å². The summed E-state index contributed by atoms with van der Waals surface area (Å²) in [4.78, 5) is 6.99. The molecule has 23 heavy (non-hydrogen) atoms. The van der Waals surface area contributed by atoms with E-state index in [9.17, 15) is 0 Å². The van der Waals surface area contributed by atoms with E-state index in [2.05, 4.69) is 37.7 Å². The maximum atomic E-state index is 5.87. The van der Waals surface area contributed by atoms with Gasteiger partial charge in [-0.05, 0) is 16.8 Å². The zero-order valence-electron chi connectivity index (χ0n) is 13.5. The molecule has 1 saturated heterocycles. The lowest BCUT2D eigenvalue weighted by Crippen LogP contribution is -2.39. The predicted molar refractivity (Wildman–Crippen MR) is 85.2 cm³/mol. The van der Waals surface area contributed by atoms with Crippen molar-refractivity contribution < 1.29 is 9.47 Å². The van der Waals surface area contributed by atoms with E-state index in [1.807, 2.05) is 0 Å². The Morgan fingerprint density at radius 1 is 1.48 bits per heavy atom. The lowest BCUT2D eigenvalue weighted by Gasteiger charge is -2.31. The summed E-state index contributed by atoms with van der Waals surface area (Å²) in [5.41, 5.74) is 1.13. The Morgan fingerprint density at radius 3 is 3.17 bits per heavy atom. The molecule has 2 aromatic rings. The van der Waals surface area contributed by atoms with Gasteiger partial charge in [0.05, 0.1) is 30.5 Å².